The first-order valence-electron chi connectivity index (χ1n) is 14.3. The summed E-state index contributed by atoms with van der Waals surface area (Å²) in [7, 11) is -2.20. The molecular weight excluding hydrogens is 534 g/mol. The molecule has 0 N–H and O–H groups in total. The van der Waals surface area contributed by atoms with E-state index in [1.165, 1.54) is 4.90 Å². The fourth-order valence-corrected chi connectivity index (χ4v) is 7.21. The lowest BCUT2D eigenvalue weighted by atomic mass is 9.67. The molecule has 2 aromatic rings. The Balaban J connectivity index is 1.64. The third-order valence-electron chi connectivity index (χ3n) is 9.10. The molecule has 2 heterocycles. The van der Waals surface area contributed by atoms with Gasteiger partial charge in [-0.2, -0.15) is 0 Å². The van der Waals surface area contributed by atoms with Gasteiger partial charge in [0.1, 0.15) is 23.1 Å². The molecule has 5 rings (SSSR count). The highest BCUT2D eigenvalue weighted by Crippen LogP contribution is 2.71. The zero-order valence-electron chi connectivity index (χ0n) is 25.4. The van der Waals surface area contributed by atoms with Crippen molar-refractivity contribution in [3.8, 4) is 23.8 Å². The molecular formula is C33H41NO6Si. The van der Waals surface area contributed by atoms with E-state index in [0.717, 1.165) is 18.4 Å². The predicted octanol–water partition coefficient (Wildman–Crippen LogP) is 7.20. The van der Waals surface area contributed by atoms with Crippen molar-refractivity contribution in [2.75, 3.05) is 4.90 Å². The molecule has 2 aliphatic heterocycles. The second-order valence-corrected chi connectivity index (χ2v) is 18.7. The smallest absolute Gasteiger partial charge is 0.420 e. The Kier molecular flexibility index (Phi) is 6.96. The van der Waals surface area contributed by atoms with Crippen molar-refractivity contribution in [1.29, 1.82) is 0 Å². The standard InChI is InChI=1S/C33H41NO6Si/c1-10-26-32-20-14-17-27(39-41(8,9)31(5,6)7)33(32,40-32)24-19-18-23(37-28(35)30(2,3)4)21-25(24)34(26)29(36)38-22-15-12-11-13-16-22/h1,11-13,15-16,18-19,21,26-27H,14,17,20H2,2-9H3. The first-order valence-corrected chi connectivity index (χ1v) is 17.3. The average molecular weight is 576 g/mol. The molecule has 41 heavy (non-hydrogen) atoms. The number of hydrogen-bond acceptors (Lipinski definition) is 6. The summed E-state index contributed by atoms with van der Waals surface area (Å²) < 4.78 is 25.4. The Bertz CT molecular complexity index is 1400. The third kappa shape index (κ3) is 4.68. The molecule has 8 heteroatoms. The lowest BCUT2D eigenvalue weighted by Crippen LogP contribution is -2.60. The molecule has 0 aromatic heterocycles. The van der Waals surface area contributed by atoms with Gasteiger partial charge in [-0.05, 0) is 76.4 Å². The molecule has 0 bridgehead atoms. The fraction of sp³-hybridized carbons (Fsp3) is 0.515. The van der Waals surface area contributed by atoms with Crippen LogP contribution in [0, 0.1) is 17.8 Å². The lowest BCUT2D eigenvalue weighted by molar-refractivity contribution is -0.143. The van der Waals surface area contributed by atoms with Crippen LogP contribution >= 0.6 is 0 Å². The maximum absolute atomic E-state index is 13.9. The van der Waals surface area contributed by atoms with E-state index in [4.69, 9.17) is 25.1 Å². The summed E-state index contributed by atoms with van der Waals surface area (Å²) in [6.07, 6.45) is 7.73. The molecule has 1 aliphatic carbocycles. The number of amides is 1. The topological polar surface area (TPSA) is 77.6 Å². The van der Waals surface area contributed by atoms with Crippen molar-refractivity contribution in [2.45, 2.75) is 102 Å². The van der Waals surface area contributed by atoms with Crippen LogP contribution in [-0.4, -0.2) is 38.1 Å². The number of nitrogens with zero attached hydrogens (tertiary/aromatic N) is 1. The zero-order valence-corrected chi connectivity index (χ0v) is 26.4. The van der Waals surface area contributed by atoms with Gasteiger partial charge in [-0.25, -0.2) is 4.79 Å². The minimum Gasteiger partial charge on any atom is -0.426 e. The van der Waals surface area contributed by atoms with Crippen molar-refractivity contribution >= 4 is 26.1 Å². The van der Waals surface area contributed by atoms with E-state index >= 15 is 0 Å². The number of ether oxygens (including phenoxy) is 3. The average Bonchev–Trinajstić information content (AvgIpc) is 3.59. The SMILES string of the molecule is C#CC1N(C(=O)Oc2ccccc2)c2cc(OC(=O)C(C)(C)C)ccc2C23OC12CCCC3O[Si](C)(C)C(C)(C)C. The van der Waals surface area contributed by atoms with Crippen molar-refractivity contribution in [3.63, 3.8) is 0 Å². The van der Waals surface area contributed by atoms with Gasteiger partial charge in [0, 0.05) is 11.6 Å². The molecule has 4 unspecified atom stereocenters. The number of hydrogen-bond donors (Lipinski definition) is 0. The number of benzene rings is 2. The van der Waals surface area contributed by atoms with Crippen LogP contribution in [0.4, 0.5) is 10.5 Å². The summed E-state index contributed by atoms with van der Waals surface area (Å²) in [6.45, 7) is 16.5. The largest absolute Gasteiger partial charge is 0.426 e. The zero-order chi connectivity index (χ0) is 30.0. The second kappa shape index (κ2) is 9.72. The highest BCUT2D eigenvalue weighted by atomic mass is 28.4. The molecule has 4 atom stereocenters. The Labute approximate surface area is 244 Å². The number of rotatable bonds is 4. The summed E-state index contributed by atoms with van der Waals surface area (Å²) in [5.41, 5.74) is -1.02. The Morgan fingerprint density at radius 2 is 1.71 bits per heavy atom. The van der Waals surface area contributed by atoms with Gasteiger partial charge < -0.3 is 18.6 Å². The van der Waals surface area contributed by atoms with Crippen LogP contribution < -0.4 is 14.4 Å². The van der Waals surface area contributed by atoms with Crippen LogP contribution in [0.2, 0.25) is 18.1 Å². The number of carbonyl (C=O) groups excluding carboxylic acids is 2. The van der Waals surface area contributed by atoms with Crippen LogP contribution in [0.5, 0.6) is 11.5 Å². The molecule has 2 aromatic carbocycles. The first kappa shape index (κ1) is 29.4. The highest BCUT2D eigenvalue weighted by Gasteiger charge is 2.82. The maximum atomic E-state index is 13.9. The van der Waals surface area contributed by atoms with Gasteiger partial charge in [0.2, 0.25) is 0 Å². The number of epoxide rings is 1. The van der Waals surface area contributed by atoms with E-state index in [1.807, 2.05) is 12.1 Å². The van der Waals surface area contributed by atoms with E-state index in [9.17, 15) is 9.59 Å². The van der Waals surface area contributed by atoms with Crippen LogP contribution in [-0.2, 0) is 19.6 Å². The minimum absolute atomic E-state index is 0.00179. The molecule has 218 valence electrons. The number of esters is 1. The van der Waals surface area contributed by atoms with E-state index in [-0.39, 0.29) is 17.1 Å². The van der Waals surface area contributed by atoms with Gasteiger partial charge in [0.25, 0.3) is 0 Å². The quantitative estimate of drug-likeness (QED) is 0.126. The Morgan fingerprint density at radius 1 is 1.02 bits per heavy atom. The molecule has 0 radical (unpaired) electrons. The molecule has 1 saturated heterocycles. The van der Waals surface area contributed by atoms with Gasteiger partial charge in [0.05, 0.1) is 17.2 Å². The third-order valence-corrected chi connectivity index (χ3v) is 13.6. The van der Waals surface area contributed by atoms with Crippen LogP contribution in [0.15, 0.2) is 48.5 Å². The summed E-state index contributed by atoms with van der Waals surface area (Å²) in [5.74, 6) is 3.22. The number of fused-ring (bicyclic) bond motifs is 1. The lowest BCUT2D eigenvalue weighted by Gasteiger charge is -2.47. The molecule has 0 spiro atoms. The second-order valence-electron chi connectivity index (χ2n) is 13.9. The van der Waals surface area contributed by atoms with Gasteiger partial charge in [0.15, 0.2) is 13.9 Å². The number of para-hydroxylation sites is 1. The summed E-state index contributed by atoms with van der Waals surface area (Å²) >= 11 is 0. The van der Waals surface area contributed by atoms with E-state index < -0.39 is 37.1 Å². The Morgan fingerprint density at radius 3 is 2.32 bits per heavy atom. The maximum Gasteiger partial charge on any atom is 0.420 e. The molecule has 1 saturated carbocycles. The molecule has 2 fully saturated rings. The number of anilines is 1. The predicted molar refractivity (Wildman–Crippen MR) is 161 cm³/mol. The van der Waals surface area contributed by atoms with Crippen molar-refractivity contribution in [2.24, 2.45) is 5.41 Å². The van der Waals surface area contributed by atoms with Crippen molar-refractivity contribution in [1.82, 2.24) is 0 Å². The Hall–Kier alpha value is -3.12. The first-order chi connectivity index (χ1) is 19.1. The van der Waals surface area contributed by atoms with Crippen LogP contribution in [0.3, 0.4) is 0 Å². The minimum atomic E-state index is -2.20. The number of carbonyl (C=O) groups is 2. The van der Waals surface area contributed by atoms with Crippen LogP contribution in [0.25, 0.3) is 0 Å². The molecule has 3 aliphatic rings. The van der Waals surface area contributed by atoms with Crippen molar-refractivity contribution < 1.29 is 28.2 Å². The van der Waals surface area contributed by atoms with Crippen molar-refractivity contribution in [3.05, 3.63) is 54.1 Å². The van der Waals surface area contributed by atoms with Gasteiger partial charge in [-0.15, -0.1) is 6.42 Å². The van der Waals surface area contributed by atoms with E-state index in [0.29, 0.717) is 23.6 Å². The molecule has 1 amide bonds. The van der Waals surface area contributed by atoms with E-state index in [1.54, 1.807) is 57.2 Å². The fourth-order valence-electron chi connectivity index (χ4n) is 5.86. The number of terminal acetylenes is 1. The van der Waals surface area contributed by atoms with Gasteiger partial charge >= 0.3 is 12.1 Å². The normalized spacial score (nSPS) is 27.0. The molecule has 7 nitrogen and oxygen atoms in total. The van der Waals surface area contributed by atoms with Crippen LogP contribution in [0.1, 0.15) is 66.4 Å². The van der Waals surface area contributed by atoms with Gasteiger partial charge in [-0.1, -0.05) is 51.0 Å². The highest BCUT2D eigenvalue weighted by molar-refractivity contribution is 6.74. The summed E-state index contributed by atoms with van der Waals surface area (Å²) in [5, 5.41) is -0.00179. The summed E-state index contributed by atoms with van der Waals surface area (Å²) in [6, 6.07) is 13.5. The summed E-state index contributed by atoms with van der Waals surface area (Å²) in [4.78, 5) is 28.2. The van der Waals surface area contributed by atoms with Gasteiger partial charge in [-0.3, -0.25) is 9.69 Å². The monoisotopic (exact) mass is 575 g/mol. The van der Waals surface area contributed by atoms with E-state index in [2.05, 4.69) is 39.8 Å².